The number of rotatable bonds is 5. The molecule has 0 aliphatic carbocycles. The smallest absolute Gasteiger partial charge is 0.270 e. The fourth-order valence-electron chi connectivity index (χ4n) is 1.45. The van der Waals surface area contributed by atoms with Crippen LogP contribution in [0.5, 0.6) is 5.75 Å². The first-order valence-electron chi connectivity index (χ1n) is 5.26. The van der Waals surface area contributed by atoms with E-state index in [1.54, 1.807) is 7.05 Å². The van der Waals surface area contributed by atoms with Gasteiger partial charge in [0.05, 0.1) is 17.5 Å². The summed E-state index contributed by atoms with van der Waals surface area (Å²) in [6.45, 7) is 0.0189. The summed E-state index contributed by atoms with van der Waals surface area (Å²) in [6, 6.07) is 4.15. The predicted octanol–water partition coefficient (Wildman–Crippen LogP) is 0.768. The van der Waals surface area contributed by atoms with Gasteiger partial charge in [0.25, 0.3) is 5.69 Å². The van der Waals surface area contributed by atoms with Gasteiger partial charge in [-0.05, 0) is 11.3 Å². The van der Waals surface area contributed by atoms with Gasteiger partial charge >= 0.3 is 0 Å². The normalized spacial score (nSPS) is 10.4. The van der Waals surface area contributed by atoms with Crippen LogP contribution in [0.15, 0.2) is 18.2 Å². The average molecular weight is 265 g/mol. The summed E-state index contributed by atoms with van der Waals surface area (Å²) >= 11 is 0. The minimum absolute atomic E-state index is 0.0189. The molecule has 0 atom stereocenters. The molecule has 100 valence electrons. The topological polar surface area (TPSA) is 105 Å². The molecule has 0 fully saturated rings. The summed E-state index contributed by atoms with van der Waals surface area (Å²) in [7, 11) is 3.08. The maximum absolute atomic E-state index is 10.8. The largest absolute Gasteiger partial charge is 0.467 e. The van der Waals surface area contributed by atoms with E-state index in [0.29, 0.717) is 11.3 Å². The third-order valence-corrected chi connectivity index (χ3v) is 2.26. The number of non-ortho nitro benzene ring substituents is 1. The molecule has 1 aromatic carbocycles. The number of nitro groups is 1. The van der Waals surface area contributed by atoms with Crippen LogP contribution in [0.25, 0.3) is 11.4 Å². The third kappa shape index (κ3) is 2.83. The highest BCUT2D eigenvalue weighted by Crippen LogP contribution is 2.31. The molecule has 0 aliphatic rings. The zero-order valence-electron chi connectivity index (χ0n) is 10.3. The number of benzene rings is 1. The Balaban J connectivity index is 2.46. The van der Waals surface area contributed by atoms with Crippen LogP contribution < -0.4 is 4.74 Å². The van der Waals surface area contributed by atoms with Crippen molar-refractivity contribution >= 4 is 5.69 Å². The average Bonchev–Trinajstić information content (AvgIpc) is 2.82. The number of nitrogens with zero attached hydrogens (tertiary/aromatic N) is 5. The number of hydrogen-bond donors (Lipinski definition) is 0. The number of nitro benzene ring substituents is 1. The van der Waals surface area contributed by atoms with E-state index in [1.165, 1.54) is 30.1 Å². The van der Waals surface area contributed by atoms with E-state index in [2.05, 4.69) is 15.4 Å². The van der Waals surface area contributed by atoms with E-state index in [9.17, 15) is 10.1 Å². The fraction of sp³-hybridized carbons (Fsp3) is 0.300. The number of tetrazole rings is 1. The molecular formula is C10H11N5O4. The molecule has 1 heterocycles. The SMILES string of the molecule is COCOc1ccc([N+](=O)[O-])cc1-c1nnn(C)n1. The fourth-order valence-corrected chi connectivity index (χ4v) is 1.45. The lowest BCUT2D eigenvalue weighted by atomic mass is 10.1. The van der Waals surface area contributed by atoms with Gasteiger partial charge in [-0.3, -0.25) is 10.1 Å². The van der Waals surface area contributed by atoms with Crippen molar-refractivity contribution < 1.29 is 14.4 Å². The quantitative estimate of drug-likeness (QED) is 0.446. The molecule has 0 radical (unpaired) electrons. The number of ether oxygens (including phenoxy) is 2. The molecule has 0 saturated heterocycles. The standard InChI is InChI=1S/C10H11N5O4/c1-14-12-10(11-13-14)8-5-7(15(16)17)3-4-9(8)19-6-18-2/h3-5H,6H2,1-2H3. The molecule has 0 saturated carbocycles. The van der Waals surface area contributed by atoms with E-state index in [4.69, 9.17) is 9.47 Å². The molecule has 9 nitrogen and oxygen atoms in total. The Morgan fingerprint density at radius 3 is 2.84 bits per heavy atom. The summed E-state index contributed by atoms with van der Waals surface area (Å²) in [4.78, 5) is 11.6. The lowest BCUT2D eigenvalue weighted by molar-refractivity contribution is -0.384. The first-order chi connectivity index (χ1) is 9.11. The minimum Gasteiger partial charge on any atom is -0.467 e. The highest BCUT2D eigenvalue weighted by atomic mass is 16.7. The summed E-state index contributed by atoms with van der Waals surface area (Å²) in [6.07, 6.45) is 0. The second-order valence-corrected chi connectivity index (χ2v) is 3.59. The predicted molar refractivity (Wildman–Crippen MR) is 63.4 cm³/mol. The van der Waals surface area contributed by atoms with Gasteiger partial charge in [-0.25, -0.2) is 0 Å². The molecule has 0 aliphatic heterocycles. The number of hydrogen-bond acceptors (Lipinski definition) is 7. The van der Waals surface area contributed by atoms with Crippen molar-refractivity contribution in [1.29, 1.82) is 0 Å². The summed E-state index contributed by atoms with van der Waals surface area (Å²) in [5, 5.41) is 22.3. The maximum atomic E-state index is 10.8. The first-order valence-corrected chi connectivity index (χ1v) is 5.26. The molecule has 0 amide bonds. The lowest BCUT2D eigenvalue weighted by Crippen LogP contribution is -2.01. The van der Waals surface area contributed by atoms with Gasteiger partial charge in [-0.1, -0.05) is 0 Å². The van der Waals surface area contributed by atoms with Crippen molar-refractivity contribution in [2.24, 2.45) is 7.05 Å². The Bertz CT molecular complexity index is 597. The van der Waals surface area contributed by atoms with Gasteiger partial charge < -0.3 is 9.47 Å². The summed E-state index contributed by atoms with van der Waals surface area (Å²) < 4.78 is 10.1. The Morgan fingerprint density at radius 2 is 2.26 bits per heavy atom. The van der Waals surface area contributed by atoms with Gasteiger partial charge in [-0.2, -0.15) is 4.80 Å². The molecule has 0 unspecified atom stereocenters. The number of aryl methyl sites for hydroxylation is 1. The Morgan fingerprint density at radius 1 is 1.47 bits per heavy atom. The zero-order chi connectivity index (χ0) is 13.8. The van der Waals surface area contributed by atoms with E-state index < -0.39 is 4.92 Å². The van der Waals surface area contributed by atoms with E-state index in [-0.39, 0.29) is 18.3 Å². The Hall–Kier alpha value is -2.55. The van der Waals surface area contributed by atoms with Gasteiger partial charge in [0.15, 0.2) is 6.79 Å². The molecule has 1 aromatic heterocycles. The van der Waals surface area contributed by atoms with Gasteiger partial charge in [-0.15, -0.1) is 10.2 Å². The van der Waals surface area contributed by atoms with Gasteiger partial charge in [0.2, 0.25) is 5.82 Å². The van der Waals surface area contributed by atoms with E-state index in [0.717, 1.165) is 0 Å². The molecule has 19 heavy (non-hydrogen) atoms. The Kier molecular flexibility index (Phi) is 3.66. The van der Waals surface area contributed by atoms with Crippen LogP contribution in [0, 0.1) is 10.1 Å². The molecule has 0 N–H and O–H groups in total. The van der Waals surface area contributed by atoms with Crippen molar-refractivity contribution in [1.82, 2.24) is 20.2 Å². The van der Waals surface area contributed by atoms with Crippen molar-refractivity contribution in [3.63, 3.8) is 0 Å². The second kappa shape index (κ2) is 5.40. The summed E-state index contributed by atoms with van der Waals surface area (Å²) in [5.74, 6) is 0.637. The van der Waals surface area contributed by atoms with Gasteiger partial charge in [0, 0.05) is 19.2 Å². The molecule has 2 aromatic rings. The number of methoxy groups -OCH3 is 1. The first kappa shape index (κ1) is 12.9. The third-order valence-electron chi connectivity index (χ3n) is 2.26. The highest BCUT2D eigenvalue weighted by molar-refractivity contribution is 5.67. The molecular weight excluding hydrogens is 254 g/mol. The highest BCUT2D eigenvalue weighted by Gasteiger charge is 2.17. The zero-order valence-corrected chi connectivity index (χ0v) is 10.3. The van der Waals surface area contributed by atoms with Crippen LogP contribution in [0.3, 0.4) is 0 Å². The number of aromatic nitrogens is 4. The van der Waals surface area contributed by atoms with E-state index >= 15 is 0 Å². The van der Waals surface area contributed by atoms with Crippen LogP contribution in [-0.4, -0.2) is 39.0 Å². The van der Waals surface area contributed by atoms with Crippen LogP contribution in [0.4, 0.5) is 5.69 Å². The molecule has 2 rings (SSSR count). The minimum atomic E-state index is -0.500. The van der Waals surface area contributed by atoms with Crippen LogP contribution >= 0.6 is 0 Å². The molecule has 0 bridgehead atoms. The second-order valence-electron chi connectivity index (χ2n) is 3.59. The van der Waals surface area contributed by atoms with Crippen LogP contribution in [-0.2, 0) is 11.8 Å². The monoisotopic (exact) mass is 265 g/mol. The molecule has 9 heteroatoms. The van der Waals surface area contributed by atoms with Crippen molar-refractivity contribution in [2.45, 2.75) is 0 Å². The van der Waals surface area contributed by atoms with Crippen LogP contribution in [0.2, 0.25) is 0 Å². The molecule has 0 spiro atoms. The summed E-state index contributed by atoms with van der Waals surface area (Å²) in [5.41, 5.74) is 0.312. The maximum Gasteiger partial charge on any atom is 0.270 e. The van der Waals surface area contributed by atoms with Crippen molar-refractivity contribution in [3.05, 3.63) is 28.3 Å². The van der Waals surface area contributed by atoms with Crippen molar-refractivity contribution in [2.75, 3.05) is 13.9 Å². The van der Waals surface area contributed by atoms with E-state index in [1.807, 2.05) is 0 Å². The van der Waals surface area contributed by atoms with Crippen LogP contribution in [0.1, 0.15) is 0 Å². The lowest BCUT2D eigenvalue weighted by Gasteiger charge is -2.07. The van der Waals surface area contributed by atoms with Crippen molar-refractivity contribution in [3.8, 4) is 17.1 Å². The Labute approximate surface area is 107 Å². The van der Waals surface area contributed by atoms with Gasteiger partial charge in [0.1, 0.15) is 5.75 Å².